The van der Waals surface area contributed by atoms with Crippen LogP contribution in [0.15, 0.2) is 0 Å². The van der Waals surface area contributed by atoms with Crippen molar-refractivity contribution in [2.24, 2.45) is 0 Å². The zero-order valence-electron chi connectivity index (χ0n) is 6.29. The fraction of sp³-hybridized carbons (Fsp3) is 1.00. The summed E-state index contributed by atoms with van der Waals surface area (Å²) in [5, 5.41) is 0. The topological polar surface area (TPSA) is 46.1 Å². The van der Waals surface area contributed by atoms with E-state index >= 15 is 0 Å². The third-order valence-corrected chi connectivity index (χ3v) is 4.14. The van der Waals surface area contributed by atoms with E-state index in [2.05, 4.69) is 11.8 Å². The van der Waals surface area contributed by atoms with Gasteiger partial charge in [-0.1, -0.05) is 20.8 Å². The number of hydrogen-bond acceptors (Lipinski definition) is 4. The summed E-state index contributed by atoms with van der Waals surface area (Å²) in [5.74, 6) is 0. The van der Waals surface area contributed by atoms with E-state index in [0.29, 0.717) is 0 Å². The smallest absolute Gasteiger partial charge is 0.825 e. The van der Waals surface area contributed by atoms with Crippen LogP contribution in [0.2, 0.25) is 0 Å². The van der Waals surface area contributed by atoms with Crippen molar-refractivity contribution in [3.63, 3.8) is 0 Å². The minimum atomic E-state index is -3.54. The van der Waals surface area contributed by atoms with Gasteiger partial charge in [-0.3, -0.25) is 0 Å². The van der Waals surface area contributed by atoms with E-state index in [1.807, 2.05) is 20.8 Å². The Morgan fingerprint density at radius 3 is 1.60 bits per heavy atom. The molecule has 0 aliphatic heterocycles. The summed E-state index contributed by atoms with van der Waals surface area (Å²) < 4.78 is -0.279. The van der Waals surface area contributed by atoms with Crippen LogP contribution in [0.1, 0.15) is 20.8 Å². The van der Waals surface area contributed by atoms with E-state index in [4.69, 9.17) is 0 Å². The maximum absolute atomic E-state index is 10.5. The molecule has 10 heavy (non-hydrogen) atoms. The average molecular weight is 250 g/mol. The zero-order valence-corrected chi connectivity index (χ0v) is 11.8. The monoisotopic (exact) mass is 248 g/mol. The van der Waals surface area contributed by atoms with Crippen molar-refractivity contribution >= 4 is 28.9 Å². The molecule has 6 heteroatoms. The summed E-state index contributed by atoms with van der Waals surface area (Å²) in [4.78, 5) is 20.9. The average Bonchev–Trinajstić information content (AvgIpc) is 1.14. The van der Waals surface area contributed by atoms with E-state index in [9.17, 15) is 9.79 Å². The van der Waals surface area contributed by atoms with Gasteiger partial charge in [0.2, 0.25) is 0 Å². The van der Waals surface area contributed by atoms with Gasteiger partial charge < -0.3 is 9.79 Å². The van der Waals surface area contributed by atoms with Crippen LogP contribution < -0.4 is 9.79 Å². The van der Waals surface area contributed by atoms with Gasteiger partial charge in [0.1, 0.15) is 0 Å². The zero-order chi connectivity index (χ0) is 7.71. The van der Waals surface area contributed by atoms with Crippen LogP contribution in [0.4, 0.5) is 0 Å². The summed E-state index contributed by atoms with van der Waals surface area (Å²) in [6.07, 6.45) is 0. The molecule has 0 fully saturated rings. The second kappa shape index (κ2) is 4.54. The number of rotatable bonds is 1. The van der Waals surface area contributed by atoms with Crippen LogP contribution in [0, 0.1) is 0 Å². The molecule has 0 aromatic carbocycles. The molecule has 2 nitrogen and oxygen atoms in total. The fourth-order valence-electron chi connectivity index (χ4n) is 0.335. The van der Waals surface area contributed by atoms with Crippen molar-refractivity contribution in [2.45, 2.75) is 25.5 Å². The second-order valence-electron chi connectivity index (χ2n) is 2.65. The maximum Gasteiger partial charge on any atom is 2.00 e. The first-order chi connectivity index (χ1) is 3.71. The van der Waals surface area contributed by atoms with E-state index in [-0.39, 0.29) is 24.2 Å². The molecular weight excluding hydrogens is 241 g/mol. The van der Waals surface area contributed by atoms with E-state index in [1.54, 1.807) is 0 Å². The Morgan fingerprint density at radius 2 is 1.60 bits per heavy atom. The molecule has 0 N–H and O–H groups in total. The molecule has 0 unspecified atom stereocenters. The summed E-state index contributed by atoms with van der Waals surface area (Å²) in [6, 6.07) is 0. The first-order valence-corrected chi connectivity index (χ1v) is 6.49. The maximum atomic E-state index is 10.5. The van der Waals surface area contributed by atoms with Gasteiger partial charge in [-0.15, -0.1) is 11.8 Å². The van der Waals surface area contributed by atoms with Crippen LogP contribution in [-0.4, -0.2) is 4.75 Å². The Balaban J connectivity index is 0. The van der Waals surface area contributed by atoms with Crippen LogP contribution in [0.25, 0.3) is 0 Å². The second-order valence-corrected chi connectivity index (χ2v) is 9.08. The van der Waals surface area contributed by atoms with Crippen molar-refractivity contribution in [1.29, 1.82) is 0 Å². The van der Waals surface area contributed by atoms with Crippen molar-refractivity contribution < 1.29 is 29.3 Å². The summed E-state index contributed by atoms with van der Waals surface area (Å²) >= 11 is 5.02. The van der Waals surface area contributed by atoms with Gasteiger partial charge in [0.05, 0.1) is 0 Å². The first kappa shape index (κ1) is 14.1. The molecule has 0 heterocycles. The summed E-state index contributed by atoms with van der Waals surface area (Å²) in [6.45, 7) is 5.44. The predicted octanol–water partition coefficient (Wildman–Crippen LogP) is 0.461. The SMILES string of the molecule is CC(C)(C)SP([O-])([O-])=S.[Zn+2]. The van der Waals surface area contributed by atoms with Crippen molar-refractivity contribution in [2.75, 3.05) is 0 Å². The molecule has 0 spiro atoms. The largest absolute Gasteiger partial charge is 2.00 e. The van der Waals surface area contributed by atoms with Gasteiger partial charge in [-0.05, 0) is 0 Å². The third-order valence-electron chi connectivity index (χ3n) is 0.386. The van der Waals surface area contributed by atoms with Gasteiger partial charge in [0.15, 0.2) is 0 Å². The molecular formula is C4H9O2PS2Zn. The van der Waals surface area contributed by atoms with Crippen molar-refractivity contribution in [3.8, 4) is 0 Å². The minimum Gasteiger partial charge on any atom is -0.825 e. The number of hydrogen-bond donors (Lipinski definition) is 0. The molecule has 0 aliphatic carbocycles. The van der Waals surface area contributed by atoms with Crippen LogP contribution >= 0.6 is 17.1 Å². The quantitative estimate of drug-likeness (QED) is 0.500. The van der Waals surface area contributed by atoms with Gasteiger partial charge in [0.25, 0.3) is 0 Å². The van der Waals surface area contributed by atoms with E-state index in [0.717, 1.165) is 11.4 Å². The van der Waals surface area contributed by atoms with Gasteiger partial charge in [-0.2, -0.15) is 17.1 Å². The normalized spacial score (nSPS) is 12.5. The first-order valence-electron chi connectivity index (χ1n) is 2.43. The van der Waals surface area contributed by atoms with E-state index in [1.165, 1.54) is 0 Å². The summed E-state index contributed by atoms with van der Waals surface area (Å²) in [5.41, 5.74) is -3.54. The molecule has 0 bridgehead atoms. The van der Waals surface area contributed by atoms with Crippen molar-refractivity contribution in [1.82, 2.24) is 0 Å². The van der Waals surface area contributed by atoms with Gasteiger partial charge in [-0.25, -0.2) is 0 Å². The van der Waals surface area contributed by atoms with Crippen LogP contribution in [0.3, 0.4) is 0 Å². The van der Waals surface area contributed by atoms with Crippen LogP contribution in [0.5, 0.6) is 0 Å². The predicted molar refractivity (Wildman–Crippen MR) is 41.6 cm³/mol. The molecule has 56 valence electrons. The Bertz CT molecular complexity index is 139. The molecule has 0 aromatic rings. The molecule has 0 saturated heterocycles. The molecule has 0 aromatic heterocycles. The van der Waals surface area contributed by atoms with Gasteiger partial charge >= 0.3 is 19.5 Å². The molecule has 0 saturated carbocycles. The minimum absolute atomic E-state index is 0. The molecule has 0 atom stereocenters. The Morgan fingerprint density at radius 1 is 1.30 bits per heavy atom. The molecule has 0 amide bonds. The van der Waals surface area contributed by atoms with E-state index < -0.39 is 5.69 Å². The Kier molecular flexibility index (Phi) is 6.40. The summed E-state index contributed by atoms with van der Waals surface area (Å²) in [7, 11) is 0. The Labute approximate surface area is 83.5 Å². The fourth-order valence-corrected chi connectivity index (χ4v) is 5.03. The molecule has 0 rings (SSSR count). The molecule has 0 radical (unpaired) electrons. The van der Waals surface area contributed by atoms with Crippen LogP contribution in [-0.2, 0) is 31.3 Å². The molecule has 0 aliphatic rings. The van der Waals surface area contributed by atoms with Crippen molar-refractivity contribution in [3.05, 3.63) is 0 Å². The van der Waals surface area contributed by atoms with Gasteiger partial charge in [0, 0.05) is 4.75 Å². The standard InChI is InChI=1S/C4H11O2PS2.Zn/c1-4(2,3)9-7(5,6)8;/h1-3H3,(H2,5,6,8);/q;+2/p-2. The Hall–Kier alpha value is 1.54. The third kappa shape index (κ3) is 12.2.